The molecule has 0 aliphatic carbocycles. The molecule has 7 nitrogen and oxygen atoms in total. The topological polar surface area (TPSA) is 78.9 Å². The second kappa shape index (κ2) is 7.41. The summed E-state index contributed by atoms with van der Waals surface area (Å²) in [5.74, 6) is 1.64. The second-order valence-corrected chi connectivity index (χ2v) is 6.06. The molecule has 0 aliphatic rings. The Morgan fingerprint density at radius 3 is 2.41 bits per heavy atom. The number of hydrogen-bond donors (Lipinski definition) is 0. The fourth-order valence-electron chi connectivity index (χ4n) is 2.69. The maximum absolute atomic E-state index is 5.79. The Morgan fingerprint density at radius 2 is 1.67 bits per heavy atom. The summed E-state index contributed by atoms with van der Waals surface area (Å²) in [4.78, 5) is 0. The van der Waals surface area contributed by atoms with Crippen molar-refractivity contribution in [3.8, 4) is 34.5 Å². The molecule has 2 heterocycles. The van der Waals surface area contributed by atoms with Gasteiger partial charge < -0.3 is 9.15 Å². The van der Waals surface area contributed by atoms with Crippen LogP contribution in [0.25, 0.3) is 28.7 Å². The predicted molar refractivity (Wildman–Crippen MR) is 101 cm³/mol. The van der Waals surface area contributed by atoms with E-state index in [1.165, 1.54) is 0 Å². The molecule has 0 fully saturated rings. The molecular weight excluding hydrogens is 342 g/mol. The van der Waals surface area contributed by atoms with Gasteiger partial charge in [-0.05, 0) is 49.7 Å². The number of rotatable bonds is 6. The average Bonchev–Trinajstić information content (AvgIpc) is 3.34. The minimum atomic E-state index is 0.348. The van der Waals surface area contributed by atoms with Crippen molar-refractivity contribution >= 4 is 0 Å². The van der Waals surface area contributed by atoms with Crippen LogP contribution in [0, 0.1) is 6.92 Å². The molecule has 2 aromatic heterocycles. The van der Waals surface area contributed by atoms with Gasteiger partial charge in [0.05, 0.1) is 18.0 Å². The molecule has 0 bridgehead atoms. The summed E-state index contributed by atoms with van der Waals surface area (Å²) in [6.07, 6.45) is 0.975. The van der Waals surface area contributed by atoms with Crippen molar-refractivity contribution in [2.45, 2.75) is 20.3 Å². The van der Waals surface area contributed by atoms with E-state index in [0.29, 0.717) is 24.1 Å². The summed E-state index contributed by atoms with van der Waals surface area (Å²) in [6.45, 7) is 4.70. The van der Waals surface area contributed by atoms with Crippen LogP contribution in [0.1, 0.15) is 19.0 Å². The third kappa shape index (κ3) is 3.44. The van der Waals surface area contributed by atoms with Crippen LogP contribution in [-0.2, 0) is 0 Å². The first-order chi connectivity index (χ1) is 13.3. The smallest absolute Gasteiger partial charge is 0.270 e. The minimum absolute atomic E-state index is 0.348. The molecule has 0 atom stereocenters. The first-order valence-electron chi connectivity index (χ1n) is 8.81. The third-order valence-electron chi connectivity index (χ3n) is 4.10. The molecule has 0 saturated carbocycles. The quantitative estimate of drug-likeness (QED) is 0.515. The SMILES string of the molecule is CCCOc1ccc(-n2nnc(-c3nnc(-c4ccccc4)o3)c2C)cc1. The fourth-order valence-corrected chi connectivity index (χ4v) is 2.69. The van der Waals surface area contributed by atoms with Gasteiger partial charge >= 0.3 is 0 Å². The Bertz CT molecular complexity index is 1020. The summed E-state index contributed by atoms with van der Waals surface area (Å²) in [7, 11) is 0. The molecule has 27 heavy (non-hydrogen) atoms. The van der Waals surface area contributed by atoms with Crippen LogP contribution in [0.3, 0.4) is 0 Å². The first kappa shape index (κ1) is 17.0. The van der Waals surface area contributed by atoms with E-state index < -0.39 is 0 Å². The molecule has 136 valence electrons. The van der Waals surface area contributed by atoms with Crippen LogP contribution in [0.2, 0.25) is 0 Å². The summed E-state index contributed by atoms with van der Waals surface area (Å²) < 4.78 is 13.1. The molecule has 0 amide bonds. The van der Waals surface area contributed by atoms with Gasteiger partial charge in [-0.1, -0.05) is 30.3 Å². The van der Waals surface area contributed by atoms with E-state index in [2.05, 4.69) is 27.4 Å². The van der Waals surface area contributed by atoms with Gasteiger partial charge in [0.2, 0.25) is 5.89 Å². The standard InChI is InChI=1S/C20H19N5O2/c1-3-13-26-17-11-9-16(10-12-17)25-14(2)18(21-24-25)20-23-22-19(27-20)15-7-5-4-6-8-15/h4-12H,3,13H2,1-2H3. The Kier molecular flexibility index (Phi) is 4.65. The highest BCUT2D eigenvalue weighted by molar-refractivity contribution is 5.57. The number of ether oxygens (including phenoxy) is 1. The van der Waals surface area contributed by atoms with Crippen molar-refractivity contribution in [1.82, 2.24) is 25.2 Å². The number of aromatic nitrogens is 5. The Labute approximate surface area is 156 Å². The first-order valence-corrected chi connectivity index (χ1v) is 8.81. The van der Waals surface area contributed by atoms with Crippen molar-refractivity contribution in [3.63, 3.8) is 0 Å². The van der Waals surface area contributed by atoms with E-state index in [-0.39, 0.29) is 0 Å². The van der Waals surface area contributed by atoms with Crippen LogP contribution in [-0.4, -0.2) is 31.8 Å². The Hall–Kier alpha value is -3.48. The van der Waals surface area contributed by atoms with Crippen LogP contribution < -0.4 is 4.74 Å². The summed E-state index contributed by atoms with van der Waals surface area (Å²) in [6, 6.07) is 17.4. The van der Waals surface area contributed by atoms with Crippen molar-refractivity contribution in [2.75, 3.05) is 6.61 Å². The van der Waals surface area contributed by atoms with Crippen molar-refractivity contribution in [1.29, 1.82) is 0 Å². The van der Waals surface area contributed by atoms with Gasteiger partial charge in [0.1, 0.15) is 5.75 Å². The molecule has 4 aromatic rings. The summed E-state index contributed by atoms with van der Waals surface area (Å²) in [5.41, 5.74) is 3.14. The van der Waals surface area contributed by atoms with Crippen molar-refractivity contribution in [3.05, 3.63) is 60.3 Å². The maximum Gasteiger partial charge on any atom is 0.270 e. The lowest BCUT2D eigenvalue weighted by Crippen LogP contribution is -2.00. The minimum Gasteiger partial charge on any atom is -0.494 e. The van der Waals surface area contributed by atoms with Crippen LogP contribution in [0.5, 0.6) is 5.75 Å². The predicted octanol–water partition coefficient (Wildman–Crippen LogP) is 4.08. The number of benzene rings is 2. The fraction of sp³-hybridized carbons (Fsp3) is 0.200. The molecule has 2 aromatic carbocycles. The zero-order valence-electron chi connectivity index (χ0n) is 15.2. The molecular formula is C20H19N5O2. The molecule has 0 N–H and O–H groups in total. The largest absolute Gasteiger partial charge is 0.494 e. The van der Waals surface area contributed by atoms with Gasteiger partial charge in [0.25, 0.3) is 5.89 Å². The third-order valence-corrected chi connectivity index (χ3v) is 4.10. The van der Waals surface area contributed by atoms with E-state index in [4.69, 9.17) is 9.15 Å². The van der Waals surface area contributed by atoms with Gasteiger partial charge in [0.15, 0.2) is 5.69 Å². The highest BCUT2D eigenvalue weighted by Crippen LogP contribution is 2.26. The number of nitrogens with zero attached hydrogens (tertiary/aromatic N) is 5. The van der Waals surface area contributed by atoms with Crippen molar-refractivity contribution in [2.24, 2.45) is 0 Å². The zero-order chi connectivity index (χ0) is 18.6. The molecule has 0 unspecified atom stereocenters. The van der Waals surface area contributed by atoms with E-state index >= 15 is 0 Å². The van der Waals surface area contributed by atoms with Gasteiger partial charge in [-0.2, -0.15) is 0 Å². The lowest BCUT2D eigenvalue weighted by molar-refractivity contribution is 0.317. The van der Waals surface area contributed by atoms with Crippen molar-refractivity contribution < 1.29 is 9.15 Å². The van der Waals surface area contributed by atoms with Gasteiger partial charge in [-0.3, -0.25) is 0 Å². The molecule has 0 spiro atoms. The Balaban J connectivity index is 1.60. The normalized spacial score (nSPS) is 10.9. The van der Waals surface area contributed by atoms with Gasteiger partial charge in [-0.15, -0.1) is 15.3 Å². The van der Waals surface area contributed by atoms with E-state index in [9.17, 15) is 0 Å². The second-order valence-electron chi connectivity index (χ2n) is 6.06. The summed E-state index contributed by atoms with van der Waals surface area (Å²) >= 11 is 0. The zero-order valence-corrected chi connectivity index (χ0v) is 15.2. The lowest BCUT2D eigenvalue weighted by Gasteiger charge is -2.06. The molecule has 0 radical (unpaired) electrons. The monoisotopic (exact) mass is 361 g/mol. The summed E-state index contributed by atoms with van der Waals surface area (Å²) in [5, 5.41) is 16.7. The maximum atomic E-state index is 5.79. The Morgan fingerprint density at radius 1 is 0.926 bits per heavy atom. The molecule has 4 rings (SSSR count). The highest BCUT2D eigenvalue weighted by atomic mass is 16.5. The number of hydrogen-bond acceptors (Lipinski definition) is 6. The van der Waals surface area contributed by atoms with Crippen LogP contribution in [0.4, 0.5) is 0 Å². The molecule has 7 heteroatoms. The van der Waals surface area contributed by atoms with Crippen LogP contribution in [0.15, 0.2) is 59.0 Å². The average molecular weight is 361 g/mol. The van der Waals surface area contributed by atoms with Gasteiger partial charge in [-0.25, -0.2) is 4.68 Å². The highest BCUT2D eigenvalue weighted by Gasteiger charge is 2.18. The van der Waals surface area contributed by atoms with E-state index in [0.717, 1.165) is 29.1 Å². The van der Waals surface area contributed by atoms with Crippen LogP contribution >= 0.6 is 0 Å². The van der Waals surface area contributed by atoms with E-state index in [1.54, 1.807) is 4.68 Å². The van der Waals surface area contributed by atoms with E-state index in [1.807, 2.05) is 61.5 Å². The van der Waals surface area contributed by atoms with Gasteiger partial charge in [0, 0.05) is 5.56 Å². The molecule has 0 aliphatic heterocycles. The molecule has 0 saturated heterocycles. The lowest BCUT2D eigenvalue weighted by atomic mass is 10.2.